The Balaban J connectivity index is 1.42. The number of sulfone groups is 1. The Morgan fingerprint density at radius 2 is 1.82 bits per heavy atom. The summed E-state index contributed by atoms with van der Waals surface area (Å²) in [5.74, 6) is -1.01. The summed E-state index contributed by atoms with van der Waals surface area (Å²) in [6.45, 7) is 1.97. The number of halogens is 4. The van der Waals surface area contributed by atoms with Crippen molar-refractivity contribution in [2.75, 3.05) is 13.1 Å². The Kier molecular flexibility index (Phi) is 6.47. The third kappa shape index (κ3) is 5.20. The van der Waals surface area contributed by atoms with Crippen molar-refractivity contribution >= 4 is 15.7 Å². The van der Waals surface area contributed by atoms with Gasteiger partial charge in [-0.3, -0.25) is 4.79 Å². The molecule has 3 N–H and O–H groups in total. The number of benzene rings is 2. The lowest BCUT2D eigenvalue weighted by atomic mass is 9.94. The molecule has 0 aromatic heterocycles. The number of carbonyl (C=O) groups excluding carboxylic acids is 1. The Hall–Kier alpha value is -2.50. The van der Waals surface area contributed by atoms with Gasteiger partial charge in [0.25, 0.3) is 0 Å². The van der Waals surface area contributed by atoms with E-state index in [1.807, 2.05) is 0 Å². The van der Waals surface area contributed by atoms with Gasteiger partial charge in [-0.25, -0.2) is 12.8 Å². The van der Waals surface area contributed by atoms with Crippen LogP contribution in [0.3, 0.4) is 0 Å². The molecular formula is C22H23F4N3O3S. The minimum Gasteiger partial charge on any atom is -0.351 e. The quantitative estimate of drug-likeness (QED) is 0.567. The van der Waals surface area contributed by atoms with Crippen LogP contribution in [-0.4, -0.2) is 39.5 Å². The second-order valence-corrected chi connectivity index (χ2v) is 10.3. The number of amides is 1. The van der Waals surface area contributed by atoms with Gasteiger partial charge in [-0.15, -0.1) is 0 Å². The summed E-state index contributed by atoms with van der Waals surface area (Å²) in [4.78, 5) is 11.4. The first-order valence-electron chi connectivity index (χ1n) is 10.5. The van der Waals surface area contributed by atoms with E-state index < -0.39 is 32.3 Å². The van der Waals surface area contributed by atoms with Crippen LogP contribution >= 0.6 is 0 Å². The van der Waals surface area contributed by atoms with Crippen LogP contribution in [-0.2, 0) is 27.4 Å². The van der Waals surface area contributed by atoms with Crippen molar-refractivity contribution in [1.82, 2.24) is 16.0 Å². The first-order chi connectivity index (χ1) is 15.5. The monoisotopic (exact) mass is 485 g/mol. The van der Waals surface area contributed by atoms with Gasteiger partial charge in [0, 0.05) is 12.6 Å². The van der Waals surface area contributed by atoms with Crippen molar-refractivity contribution < 1.29 is 30.8 Å². The van der Waals surface area contributed by atoms with Gasteiger partial charge in [0.2, 0.25) is 15.7 Å². The molecule has 0 spiro atoms. The average molecular weight is 486 g/mol. The summed E-state index contributed by atoms with van der Waals surface area (Å²) in [5, 5.41) is 9.50. The maximum Gasteiger partial charge on any atom is 0.416 e. The highest BCUT2D eigenvalue weighted by molar-refractivity contribution is 7.91. The van der Waals surface area contributed by atoms with Crippen molar-refractivity contribution in [1.29, 1.82) is 0 Å². The van der Waals surface area contributed by atoms with E-state index in [2.05, 4.69) is 16.0 Å². The second-order valence-electron chi connectivity index (χ2n) is 8.35. The molecule has 178 valence electrons. The van der Waals surface area contributed by atoms with Crippen LogP contribution in [0.15, 0.2) is 52.3 Å². The molecule has 3 atom stereocenters. The van der Waals surface area contributed by atoms with E-state index in [9.17, 15) is 30.8 Å². The van der Waals surface area contributed by atoms with Crippen LogP contribution < -0.4 is 16.0 Å². The van der Waals surface area contributed by atoms with Crippen LogP contribution in [0.2, 0.25) is 0 Å². The SMILES string of the molecule is O=C(NCc1ccc(S(=O)(=O)c2cc(F)cc(C(F)(F)F)c2)cc1)C1CC2CNCCC2N1. The molecule has 0 radical (unpaired) electrons. The Bertz CT molecular complexity index is 1120. The minimum atomic E-state index is -4.88. The maximum atomic E-state index is 13.7. The van der Waals surface area contributed by atoms with Gasteiger partial charge >= 0.3 is 6.18 Å². The number of hydrogen-bond donors (Lipinski definition) is 3. The van der Waals surface area contributed by atoms with Gasteiger partial charge in [-0.1, -0.05) is 12.1 Å². The fourth-order valence-electron chi connectivity index (χ4n) is 4.32. The van der Waals surface area contributed by atoms with E-state index in [4.69, 9.17) is 0 Å². The first kappa shape index (κ1) is 23.7. The summed E-state index contributed by atoms with van der Waals surface area (Å²) in [6.07, 6.45) is -3.16. The van der Waals surface area contributed by atoms with Gasteiger partial charge in [0.15, 0.2) is 0 Å². The van der Waals surface area contributed by atoms with Crippen LogP contribution in [0.4, 0.5) is 17.6 Å². The van der Waals surface area contributed by atoms with Crippen LogP contribution in [0.25, 0.3) is 0 Å². The highest BCUT2D eigenvalue weighted by Crippen LogP contribution is 2.33. The van der Waals surface area contributed by atoms with E-state index in [0.29, 0.717) is 29.7 Å². The molecule has 2 aromatic rings. The fourth-order valence-corrected chi connectivity index (χ4v) is 5.63. The molecule has 2 aliphatic rings. The number of fused-ring (bicyclic) bond motifs is 1. The van der Waals surface area contributed by atoms with Crippen LogP contribution in [0, 0.1) is 11.7 Å². The predicted octanol–water partition coefficient (Wildman–Crippen LogP) is 2.63. The fraction of sp³-hybridized carbons (Fsp3) is 0.409. The highest BCUT2D eigenvalue weighted by Gasteiger charge is 2.38. The average Bonchev–Trinajstić information content (AvgIpc) is 3.21. The van der Waals surface area contributed by atoms with Crippen molar-refractivity contribution in [2.45, 2.75) is 47.4 Å². The summed E-state index contributed by atoms with van der Waals surface area (Å²) in [7, 11) is -4.36. The van der Waals surface area contributed by atoms with Crippen molar-refractivity contribution in [2.24, 2.45) is 5.92 Å². The second kappa shape index (κ2) is 9.03. The molecule has 2 aromatic carbocycles. The molecule has 33 heavy (non-hydrogen) atoms. The first-order valence-corrected chi connectivity index (χ1v) is 12.0. The number of piperidine rings is 1. The molecule has 2 saturated heterocycles. The third-order valence-electron chi connectivity index (χ3n) is 6.09. The zero-order chi connectivity index (χ0) is 23.8. The Morgan fingerprint density at radius 1 is 1.09 bits per heavy atom. The van der Waals surface area contributed by atoms with Gasteiger partial charge in [-0.05, 0) is 67.7 Å². The molecule has 11 heteroatoms. The van der Waals surface area contributed by atoms with E-state index in [0.717, 1.165) is 25.9 Å². The zero-order valence-corrected chi connectivity index (χ0v) is 18.3. The molecule has 4 rings (SSSR count). The van der Waals surface area contributed by atoms with E-state index >= 15 is 0 Å². The van der Waals surface area contributed by atoms with Gasteiger partial charge in [0.1, 0.15) is 5.82 Å². The normalized spacial score (nSPS) is 23.2. The summed E-state index contributed by atoms with van der Waals surface area (Å²) >= 11 is 0. The molecule has 1 amide bonds. The molecule has 2 heterocycles. The van der Waals surface area contributed by atoms with Crippen LogP contribution in [0.5, 0.6) is 0 Å². The predicted molar refractivity (Wildman–Crippen MR) is 111 cm³/mol. The topological polar surface area (TPSA) is 87.3 Å². The number of carbonyl (C=O) groups is 1. The van der Waals surface area contributed by atoms with Gasteiger partial charge < -0.3 is 16.0 Å². The van der Waals surface area contributed by atoms with Crippen LogP contribution in [0.1, 0.15) is 24.0 Å². The van der Waals surface area contributed by atoms with E-state index in [-0.39, 0.29) is 29.5 Å². The molecule has 2 aliphatic heterocycles. The number of alkyl halides is 3. The smallest absolute Gasteiger partial charge is 0.351 e. The molecule has 0 aliphatic carbocycles. The Morgan fingerprint density at radius 3 is 2.48 bits per heavy atom. The number of hydrogen-bond acceptors (Lipinski definition) is 5. The molecule has 2 fully saturated rings. The molecule has 6 nitrogen and oxygen atoms in total. The lowest BCUT2D eigenvalue weighted by Gasteiger charge is -2.25. The third-order valence-corrected chi connectivity index (χ3v) is 7.84. The largest absolute Gasteiger partial charge is 0.416 e. The number of rotatable bonds is 5. The summed E-state index contributed by atoms with van der Waals surface area (Å²) < 4.78 is 77.9. The molecule has 3 unspecified atom stereocenters. The molecule has 0 saturated carbocycles. The van der Waals surface area contributed by atoms with Crippen molar-refractivity contribution in [3.63, 3.8) is 0 Å². The lowest BCUT2D eigenvalue weighted by Crippen LogP contribution is -2.45. The minimum absolute atomic E-state index is 0.138. The van der Waals surface area contributed by atoms with Gasteiger partial charge in [-0.2, -0.15) is 13.2 Å². The van der Waals surface area contributed by atoms with Crippen molar-refractivity contribution in [3.8, 4) is 0 Å². The lowest BCUT2D eigenvalue weighted by molar-refractivity contribution is -0.138. The molecule has 0 bridgehead atoms. The van der Waals surface area contributed by atoms with E-state index in [1.54, 1.807) is 0 Å². The molecular weight excluding hydrogens is 462 g/mol. The highest BCUT2D eigenvalue weighted by atomic mass is 32.2. The standard InChI is InChI=1S/C22H23F4N3O3S/c23-16-8-15(22(24,25)26)9-18(10-16)33(31,32)17-3-1-13(2-4-17)11-28-21(30)20-7-14-12-27-6-5-19(14)29-20/h1-4,8-10,14,19-20,27,29H,5-7,11-12H2,(H,28,30). The van der Waals surface area contributed by atoms with Crippen molar-refractivity contribution in [3.05, 3.63) is 59.4 Å². The zero-order valence-electron chi connectivity index (χ0n) is 17.5. The van der Waals surface area contributed by atoms with E-state index in [1.165, 1.54) is 24.3 Å². The Labute approximate surface area is 188 Å². The number of nitrogens with one attached hydrogen (secondary N) is 3. The summed E-state index contributed by atoms with van der Waals surface area (Å²) in [5.41, 5.74) is -0.758. The maximum absolute atomic E-state index is 13.7. The summed E-state index contributed by atoms with van der Waals surface area (Å²) in [6, 6.07) is 6.63. The van der Waals surface area contributed by atoms with Gasteiger partial charge in [0.05, 0.1) is 21.4 Å².